The van der Waals surface area contributed by atoms with E-state index in [2.05, 4.69) is 63.6 Å². The Kier molecular flexibility index (Phi) is 4.65. The molecule has 26 heavy (non-hydrogen) atoms. The number of imidazole rings is 1. The minimum absolute atomic E-state index is 0.611. The first-order valence-electron chi connectivity index (χ1n) is 9.25. The number of hydrogen-bond acceptors (Lipinski definition) is 4. The Bertz CT molecular complexity index is 959. The van der Waals surface area contributed by atoms with Crippen LogP contribution in [-0.4, -0.2) is 29.8 Å². The van der Waals surface area contributed by atoms with Gasteiger partial charge in [-0.15, -0.1) is 5.10 Å². The lowest BCUT2D eigenvalue weighted by atomic mass is 9.91. The zero-order valence-electron chi connectivity index (χ0n) is 15.3. The summed E-state index contributed by atoms with van der Waals surface area (Å²) < 4.78 is 1.99. The molecule has 1 aromatic carbocycles. The van der Waals surface area contributed by atoms with Crippen molar-refractivity contribution in [3.05, 3.63) is 54.1 Å². The van der Waals surface area contributed by atoms with Gasteiger partial charge in [0.1, 0.15) is 5.52 Å². The highest BCUT2D eigenvalue weighted by molar-refractivity contribution is 5.74. The van der Waals surface area contributed by atoms with Gasteiger partial charge in [-0.2, -0.15) is 0 Å². The van der Waals surface area contributed by atoms with Gasteiger partial charge in [-0.3, -0.25) is 9.50 Å². The van der Waals surface area contributed by atoms with E-state index < -0.39 is 0 Å². The van der Waals surface area contributed by atoms with Crippen LogP contribution in [0.4, 0.5) is 0 Å². The van der Waals surface area contributed by atoms with Gasteiger partial charge in [-0.05, 0) is 48.4 Å². The largest absolute Gasteiger partial charge is 0.291 e. The lowest BCUT2D eigenvalue weighted by molar-refractivity contribution is 0.425. The summed E-state index contributed by atoms with van der Waals surface area (Å²) in [7, 11) is 0. The molecule has 0 aliphatic rings. The van der Waals surface area contributed by atoms with Crippen molar-refractivity contribution in [2.24, 2.45) is 11.8 Å². The molecule has 0 saturated carbocycles. The van der Waals surface area contributed by atoms with Crippen LogP contribution in [0.15, 0.2) is 42.9 Å². The number of hydrogen-bond donors (Lipinski definition) is 1. The molecule has 4 aromatic rings. The van der Waals surface area contributed by atoms with E-state index in [0.717, 1.165) is 35.3 Å². The highest BCUT2D eigenvalue weighted by Gasteiger charge is 2.11. The molecular weight excluding hydrogens is 324 g/mol. The van der Waals surface area contributed by atoms with Gasteiger partial charge in [0.25, 0.3) is 0 Å². The predicted octanol–water partition coefficient (Wildman–Crippen LogP) is 3.84. The molecule has 6 heteroatoms. The second-order valence-electron chi connectivity index (χ2n) is 7.42. The Labute approximate surface area is 152 Å². The van der Waals surface area contributed by atoms with E-state index in [-0.39, 0.29) is 0 Å². The normalized spacial score (nSPS) is 14.1. The van der Waals surface area contributed by atoms with Crippen molar-refractivity contribution in [1.82, 2.24) is 29.8 Å². The van der Waals surface area contributed by atoms with Crippen molar-refractivity contribution >= 4 is 16.8 Å². The van der Waals surface area contributed by atoms with Crippen molar-refractivity contribution in [3.8, 4) is 0 Å². The Morgan fingerprint density at radius 3 is 2.81 bits per heavy atom. The van der Waals surface area contributed by atoms with E-state index in [4.69, 9.17) is 0 Å². The molecule has 0 bridgehead atoms. The predicted molar refractivity (Wildman–Crippen MR) is 102 cm³/mol. The molecule has 0 aliphatic carbocycles. The first-order valence-corrected chi connectivity index (χ1v) is 9.25. The molecule has 0 fully saturated rings. The van der Waals surface area contributed by atoms with Crippen molar-refractivity contribution in [2.45, 2.75) is 39.5 Å². The van der Waals surface area contributed by atoms with Crippen LogP contribution in [0.5, 0.6) is 0 Å². The SMILES string of the molecule is CC(CCC(C)Cc1cn2cccnc2n1)Cc1ccc2[nH]nnc2c1. The van der Waals surface area contributed by atoms with Gasteiger partial charge in [0, 0.05) is 18.6 Å². The molecule has 0 saturated heterocycles. The van der Waals surface area contributed by atoms with Gasteiger partial charge in [-0.25, -0.2) is 9.97 Å². The lowest BCUT2D eigenvalue weighted by Crippen LogP contribution is -2.06. The summed E-state index contributed by atoms with van der Waals surface area (Å²) in [4.78, 5) is 8.90. The second-order valence-corrected chi connectivity index (χ2v) is 7.42. The summed E-state index contributed by atoms with van der Waals surface area (Å²) in [5.74, 6) is 2.04. The van der Waals surface area contributed by atoms with E-state index in [9.17, 15) is 0 Å². The minimum atomic E-state index is 0.611. The van der Waals surface area contributed by atoms with Gasteiger partial charge in [0.15, 0.2) is 0 Å². The molecular formula is C20H24N6. The molecule has 0 amide bonds. The van der Waals surface area contributed by atoms with Crippen molar-refractivity contribution < 1.29 is 0 Å². The average molecular weight is 348 g/mol. The first-order chi connectivity index (χ1) is 12.7. The maximum Gasteiger partial charge on any atom is 0.233 e. The smallest absolute Gasteiger partial charge is 0.233 e. The summed E-state index contributed by atoms with van der Waals surface area (Å²) in [5, 5.41) is 10.9. The van der Waals surface area contributed by atoms with Crippen LogP contribution in [0.3, 0.4) is 0 Å². The van der Waals surface area contributed by atoms with Gasteiger partial charge in [-0.1, -0.05) is 38.0 Å². The first kappa shape index (κ1) is 16.7. The van der Waals surface area contributed by atoms with E-state index in [1.165, 1.54) is 18.4 Å². The monoisotopic (exact) mass is 348 g/mol. The number of rotatable bonds is 7. The average Bonchev–Trinajstić information content (AvgIpc) is 3.25. The van der Waals surface area contributed by atoms with Crippen LogP contribution in [-0.2, 0) is 12.8 Å². The van der Waals surface area contributed by atoms with Crippen LogP contribution in [0, 0.1) is 11.8 Å². The highest BCUT2D eigenvalue weighted by Crippen LogP contribution is 2.21. The number of nitrogens with zero attached hydrogens (tertiary/aromatic N) is 5. The third-order valence-corrected chi connectivity index (χ3v) is 4.97. The summed E-state index contributed by atoms with van der Waals surface area (Å²) >= 11 is 0. The van der Waals surface area contributed by atoms with Crippen LogP contribution < -0.4 is 0 Å². The van der Waals surface area contributed by atoms with Crippen LogP contribution >= 0.6 is 0 Å². The number of H-pyrrole nitrogens is 1. The number of benzene rings is 1. The Hall–Kier alpha value is -2.76. The van der Waals surface area contributed by atoms with Crippen molar-refractivity contribution in [2.75, 3.05) is 0 Å². The van der Waals surface area contributed by atoms with Crippen molar-refractivity contribution in [1.29, 1.82) is 0 Å². The summed E-state index contributed by atoms with van der Waals surface area (Å²) in [6, 6.07) is 8.31. The Balaban J connectivity index is 1.29. The molecule has 2 unspecified atom stereocenters. The number of aromatic amines is 1. The molecule has 1 N–H and O–H groups in total. The molecule has 0 aliphatic heterocycles. The molecule has 2 atom stereocenters. The van der Waals surface area contributed by atoms with E-state index in [1.54, 1.807) is 6.20 Å². The van der Waals surface area contributed by atoms with Gasteiger partial charge >= 0.3 is 0 Å². The van der Waals surface area contributed by atoms with E-state index >= 15 is 0 Å². The summed E-state index contributed by atoms with van der Waals surface area (Å²) in [5.41, 5.74) is 4.40. The third kappa shape index (κ3) is 3.74. The Morgan fingerprint density at radius 1 is 1.12 bits per heavy atom. The fraction of sp³-hybridized carbons (Fsp3) is 0.400. The third-order valence-electron chi connectivity index (χ3n) is 4.97. The standard InChI is InChI=1S/C20H24N6/c1-14(10-16-6-7-18-19(12-16)24-25-23-18)4-5-15(2)11-17-13-26-9-3-8-21-20(26)22-17/h3,6-9,12-15H,4-5,10-11H2,1-2H3,(H,23,24,25). The van der Waals surface area contributed by atoms with E-state index in [0.29, 0.717) is 11.8 Å². The van der Waals surface area contributed by atoms with Crippen LogP contribution in [0.1, 0.15) is 37.9 Å². The topological polar surface area (TPSA) is 71.8 Å². The lowest BCUT2D eigenvalue weighted by Gasteiger charge is -2.15. The van der Waals surface area contributed by atoms with E-state index in [1.807, 2.05) is 16.7 Å². The summed E-state index contributed by atoms with van der Waals surface area (Å²) in [6.07, 6.45) is 10.4. The van der Waals surface area contributed by atoms with Crippen LogP contribution in [0.2, 0.25) is 0 Å². The molecule has 0 spiro atoms. The van der Waals surface area contributed by atoms with Gasteiger partial charge in [0.05, 0.1) is 11.2 Å². The summed E-state index contributed by atoms with van der Waals surface area (Å²) in [6.45, 7) is 4.64. The number of nitrogens with one attached hydrogen (secondary N) is 1. The van der Waals surface area contributed by atoms with Gasteiger partial charge < -0.3 is 0 Å². The molecule has 4 rings (SSSR count). The fourth-order valence-electron chi connectivity index (χ4n) is 3.52. The Morgan fingerprint density at radius 2 is 1.96 bits per heavy atom. The second kappa shape index (κ2) is 7.23. The molecule has 134 valence electrons. The fourth-order valence-corrected chi connectivity index (χ4v) is 3.52. The van der Waals surface area contributed by atoms with Gasteiger partial charge in [0.2, 0.25) is 5.78 Å². The number of aromatic nitrogens is 6. The quantitative estimate of drug-likeness (QED) is 0.551. The highest BCUT2D eigenvalue weighted by atomic mass is 15.3. The molecule has 0 radical (unpaired) electrons. The zero-order chi connectivity index (χ0) is 17.9. The molecule has 3 heterocycles. The molecule has 6 nitrogen and oxygen atoms in total. The maximum atomic E-state index is 4.61. The van der Waals surface area contributed by atoms with Crippen molar-refractivity contribution in [3.63, 3.8) is 0 Å². The maximum absolute atomic E-state index is 4.61. The number of fused-ring (bicyclic) bond motifs is 2. The zero-order valence-corrected chi connectivity index (χ0v) is 15.3. The van der Waals surface area contributed by atoms with Crippen LogP contribution in [0.25, 0.3) is 16.8 Å². The minimum Gasteiger partial charge on any atom is -0.291 e. The molecule has 3 aromatic heterocycles.